The highest BCUT2D eigenvalue weighted by Gasteiger charge is 2.09. The Hall–Kier alpha value is -2.67. The number of ether oxygens (including phenoxy) is 1. The Kier molecular flexibility index (Phi) is 4.34. The predicted molar refractivity (Wildman–Crippen MR) is 70.2 cm³/mol. The summed E-state index contributed by atoms with van der Waals surface area (Å²) in [4.78, 5) is 22.5. The molecule has 0 fully saturated rings. The molecule has 0 saturated carbocycles. The molecule has 2 rings (SSSR count). The third-order valence-corrected chi connectivity index (χ3v) is 2.73. The average molecular weight is 293 g/mol. The smallest absolute Gasteiger partial charge is 0.248 e. The number of amides is 1. The Labute approximate surface area is 118 Å². The van der Waals surface area contributed by atoms with Crippen LogP contribution in [0.4, 0.5) is 4.39 Å². The van der Waals surface area contributed by atoms with E-state index in [1.807, 2.05) is 0 Å². The van der Waals surface area contributed by atoms with E-state index < -0.39 is 23.8 Å². The van der Waals surface area contributed by atoms with Crippen molar-refractivity contribution in [3.05, 3.63) is 63.5 Å². The molecule has 0 aliphatic rings. The van der Waals surface area contributed by atoms with Gasteiger partial charge in [-0.2, -0.15) is 0 Å². The molecule has 110 valence electrons. The summed E-state index contributed by atoms with van der Waals surface area (Å²) < 4.78 is 23.8. The lowest BCUT2D eigenvalue weighted by atomic mass is 10.1. The van der Waals surface area contributed by atoms with Gasteiger partial charge in [0.25, 0.3) is 0 Å². The maximum atomic E-state index is 13.7. The number of benzene rings is 1. The van der Waals surface area contributed by atoms with Gasteiger partial charge in [-0.15, -0.1) is 0 Å². The van der Waals surface area contributed by atoms with Crippen LogP contribution in [0.25, 0.3) is 0 Å². The molecule has 1 heterocycles. The van der Waals surface area contributed by atoms with Crippen molar-refractivity contribution in [3.8, 4) is 5.75 Å². The summed E-state index contributed by atoms with van der Waals surface area (Å²) in [5, 5.41) is 8.81. The molecule has 0 aliphatic heterocycles. The van der Waals surface area contributed by atoms with Crippen LogP contribution in [0.2, 0.25) is 0 Å². The lowest BCUT2D eigenvalue weighted by Crippen LogP contribution is -2.12. The summed E-state index contributed by atoms with van der Waals surface area (Å²) in [5.41, 5.74) is 4.75. The monoisotopic (exact) mass is 293 g/mol. The van der Waals surface area contributed by atoms with Crippen molar-refractivity contribution in [1.29, 1.82) is 0 Å². The highest BCUT2D eigenvalue weighted by molar-refractivity contribution is 5.92. The van der Waals surface area contributed by atoms with E-state index in [1.54, 1.807) is 0 Å². The van der Waals surface area contributed by atoms with Crippen molar-refractivity contribution in [2.24, 2.45) is 5.73 Å². The second-order valence-corrected chi connectivity index (χ2v) is 4.19. The third-order valence-electron chi connectivity index (χ3n) is 2.73. The normalized spacial score (nSPS) is 10.4. The fraction of sp³-hybridized carbons (Fsp3) is 0.143. The van der Waals surface area contributed by atoms with Crippen LogP contribution < -0.4 is 15.9 Å². The SMILES string of the molecule is NC(=O)c1ccc(COc2coc(CO)cc2=O)c(F)c1. The Morgan fingerprint density at radius 2 is 2.14 bits per heavy atom. The topological polar surface area (TPSA) is 103 Å². The number of halogens is 1. The van der Waals surface area contributed by atoms with Gasteiger partial charge in [0, 0.05) is 17.2 Å². The van der Waals surface area contributed by atoms with Gasteiger partial charge in [0.2, 0.25) is 17.1 Å². The van der Waals surface area contributed by atoms with Crippen molar-refractivity contribution in [1.82, 2.24) is 0 Å². The van der Waals surface area contributed by atoms with E-state index in [9.17, 15) is 14.0 Å². The first-order chi connectivity index (χ1) is 10.0. The molecule has 0 aliphatic carbocycles. The summed E-state index contributed by atoms with van der Waals surface area (Å²) in [6.45, 7) is -0.618. The number of aliphatic hydroxyl groups is 1. The highest BCUT2D eigenvalue weighted by Crippen LogP contribution is 2.13. The summed E-state index contributed by atoms with van der Waals surface area (Å²) in [6.07, 6.45) is 1.05. The first kappa shape index (κ1) is 14.7. The highest BCUT2D eigenvalue weighted by atomic mass is 19.1. The summed E-state index contributed by atoms with van der Waals surface area (Å²) in [6, 6.07) is 4.79. The lowest BCUT2D eigenvalue weighted by Gasteiger charge is -2.07. The number of primary amides is 1. The lowest BCUT2D eigenvalue weighted by molar-refractivity contribution is 0.0999. The molecule has 0 radical (unpaired) electrons. The first-order valence-electron chi connectivity index (χ1n) is 5.95. The van der Waals surface area contributed by atoms with Crippen LogP contribution in [0.15, 0.2) is 39.7 Å². The molecule has 7 heteroatoms. The minimum Gasteiger partial charge on any atom is -0.482 e. The predicted octanol–water partition coefficient (Wildman–Crippen LogP) is 0.949. The molecule has 21 heavy (non-hydrogen) atoms. The first-order valence-corrected chi connectivity index (χ1v) is 5.95. The zero-order valence-corrected chi connectivity index (χ0v) is 10.8. The van der Waals surface area contributed by atoms with Crippen molar-refractivity contribution in [2.45, 2.75) is 13.2 Å². The van der Waals surface area contributed by atoms with E-state index in [4.69, 9.17) is 20.0 Å². The van der Waals surface area contributed by atoms with Gasteiger partial charge in [-0.3, -0.25) is 9.59 Å². The van der Waals surface area contributed by atoms with Crippen LogP contribution in [0, 0.1) is 5.82 Å². The molecule has 1 amide bonds. The Balaban J connectivity index is 2.13. The molecular weight excluding hydrogens is 281 g/mol. The van der Waals surface area contributed by atoms with E-state index in [0.29, 0.717) is 0 Å². The largest absolute Gasteiger partial charge is 0.482 e. The fourth-order valence-corrected chi connectivity index (χ4v) is 1.60. The standard InChI is InChI=1S/C14H12FNO5/c15-11-3-8(14(16)19)1-2-9(11)6-21-13-7-20-10(5-17)4-12(13)18/h1-4,7,17H,5-6H2,(H2,16,19). The molecule has 1 aromatic carbocycles. The van der Waals surface area contributed by atoms with Gasteiger partial charge in [0.1, 0.15) is 31.1 Å². The molecular formula is C14H12FNO5. The second-order valence-electron chi connectivity index (χ2n) is 4.19. The van der Waals surface area contributed by atoms with Gasteiger partial charge in [-0.1, -0.05) is 6.07 Å². The Morgan fingerprint density at radius 1 is 1.38 bits per heavy atom. The summed E-state index contributed by atoms with van der Waals surface area (Å²) >= 11 is 0. The Morgan fingerprint density at radius 3 is 2.71 bits per heavy atom. The zero-order valence-electron chi connectivity index (χ0n) is 10.8. The minimum absolute atomic E-state index is 0.0445. The number of carbonyl (C=O) groups is 1. The Bertz CT molecular complexity index is 726. The number of hydrogen-bond acceptors (Lipinski definition) is 5. The fourth-order valence-electron chi connectivity index (χ4n) is 1.60. The van der Waals surface area contributed by atoms with Crippen LogP contribution in [-0.4, -0.2) is 11.0 Å². The maximum Gasteiger partial charge on any atom is 0.248 e. The quantitative estimate of drug-likeness (QED) is 0.854. The molecule has 0 spiro atoms. The van der Waals surface area contributed by atoms with Gasteiger partial charge in [0.15, 0.2) is 0 Å². The van der Waals surface area contributed by atoms with Gasteiger partial charge in [-0.25, -0.2) is 4.39 Å². The maximum absolute atomic E-state index is 13.7. The molecule has 0 atom stereocenters. The molecule has 0 unspecified atom stereocenters. The van der Waals surface area contributed by atoms with Gasteiger partial charge in [0.05, 0.1) is 0 Å². The van der Waals surface area contributed by atoms with Gasteiger partial charge < -0.3 is 20.0 Å². The average Bonchev–Trinajstić information content (AvgIpc) is 2.46. The van der Waals surface area contributed by atoms with Crippen LogP contribution in [0.1, 0.15) is 21.7 Å². The minimum atomic E-state index is -0.735. The van der Waals surface area contributed by atoms with E-state index in [0.717, 1.165) is 18.4 Å². The number of rotatable bonds is 5. The molecule has 0 saturated heterocycles. The van der Waals surface area contributed by atoms with E-state index in [2.05, 4.69) is 0 Å². The molecule has 6 nitrogen and oxygen atoms in total. The molecule has 2 aromatic rings. The van der Waals surface area contributed by atoms with Crippen molar-refractivity contribution >= 4 is 5.91 Å². The van der Waals surface area contributed by atoms with Crippen LogP contribution in [0.3, 0.4) is 0 Å². The zero-order chi connectivity index (χ0) is 15.4. The van der Waals surface area contributed by atoms with Crippen molar-refractivity contribution < 1.29 is 23.4 Å². The van der Waals surface area contributed by atoms with E-state index in [1.165, 1.54) is 12.1 Å². The molecule has 0 bridgehead atoms. The van der Waals surface area contributed by atoms with E-state index >= 15 is 0 Å². The van der Waals surface area contributed by atoms with Gasteiger partial charge in [-0.05, 0) is 12.1 Å². The number of aliphatic hydroxyl groups excluding tert-OH is 1. The van der Waals surface area contributed by atoms with Gasteiger partial charge >= 0.3 is 0 Å². The number of hydrogen-bond donors (Lipinski definition) is 2. The molecule has 1 aromatic heterocycles. The van der Waals surface area contributed by atoms with Crippen LogP contribution in [0.5, 0.6) is 5.75 Å². The number of nitrogens with two attached hydrogens (primary N) is 1. The third kappa shape index (κ3) is 3.46. The molecule has 3 N–H and O–H groups in total. The summed E-state index contributed by atoms with van der Waals surface area (Å²) in [5.74, 6) is -1.40. The second kappa shape index (κ2) is 6.19. The van der Waals surface area contributed by atoms with Crippen LogP contribution >= 0.6 is 0 Å². The summed E-state index contributed by atoms with van der Waals surface area (Å²) in [7, 11) is 0. The van der Waals surface area contributed by atoms with Crippen molar-refractivity contribution in [3.63, 3.8) is 0 Å². The van der Waals surface area contributed by atoms with Crippen LogP contribution in [-0.2, 0) is 13.2 Å². The van der Waals surface area contributed by atoms with E-state index in [-0.39, 0.29) is 29.2 Å². The number of carbonyl (C=O) groups excluding carboxylic acids is 1. The van der Waals surface area contributed by atoms with Crippen molar-refractivity contribution in [2.75, 3.05) is 0 Å².